The molecule has 0 aliphatic heterocycles. The minimum atomic E-state index is -0.173. The number of aromatic nitrogens is 2. The lowest BCUT2D eigenvalue weighted by Crippen LogP contribution is -2.23. The van der Waals surface area contributed by atoms with Gasteiger partial charge in [0.2, 0.25) is 0 Å². The van der Waals surface area contributed by atoms with E-state index in [1.54, 1.807) is 0 Å². The van der Waals surface area contributed by atoms with E-state index in [2.05, 4.69) is 16.0 Å². The number of aliphatic hydroxyl groups excluding tert-OH is 1. The summed E-state index contributed by atoms with van der Waals surface area (Å²) in [4.78, 5) is 0. The molecule has 0 atom stereocenters. The number of hydrogen-bond donors (Lipinski definition) is 1. The first-order valence-electron chi connectivity index (χ1n) is 6.83. The van der Waals surface area contributed by atoms with Crippen LogP contribution in [0, 0.1) is 5.41 Å². The summed E-state index contributed by atoms with van der Waals surface area (Å²) in [6.07, 6.45) is 7.20. The summed E-state index contributed by atoms with van der Waals surface area (Å²) >= 11 is 0. The average molecular weight is 252 g/mol. The van der Waals surface area contributed by atoms with Crippen LogP contribution in [0.5, 0.6) is 0 Å². The highest BCUT2D eigenvalue weighted by Crippen LogP contribution is 2.28. The molecule has 1 heterocycles. The van der Waals surface area contributed by atoms with Crippen LogP contribution in [0.2, 0.25) is 0 Å². The molecule has 18 heavy (non-hydrogen) atoms. The first kappa shape index (κ1) is 13.6. The number of rotatable bonds is 6. The SMILES string of the molecule is CC(C)(CO)COCc1ccn(C2CCCC2)n1. The summed E-state index contributed by atoms with van der Waals surface area (Å²) in [5.74, 6) is 0. The van der Waals surface area contributed by atoms with Gasteiger partial charge in [0.25, 0.3) is 0 Å². The zero-order valence-electron chi connectivity index (χ0n) is 11.4. The predicted molar refractivity (Wildman–Crippen MR) is 70.3 cm³/mol. The molecule has 1 fully saturated rings. The van der Waals surface area contributed by atoms with Crippen molar-refractivity contribution in [1.82, 2.24) is 9.78 Å². The van der Waals surface area contributed by atoms with Gasteiger partial charge in [0.05, 0.1) is 31.6 Å². The lowest BCUT2D eigenvalue weighted by molar-refractivity contribution is 0.0183. The first-order valence-corrected chi connectivity index (χ1v) is 6.83. The van der Waals surface area contributed by atoms with Crippen molar-refractivity contribution in [2.75, 3.05) is 13.2 Å². The van der Waals surface area contributed by atoms with Crippen molar-refractivity contribution in [3.63, 3.8) is 0 Å². The van der Waals surface area contributed by atoms with Crippen molar-refractivity contribution in [2.45, 2.75) is 52.2 Å². The molecule has 0 bridgehead atoms. The van der Waals surface area contributed by atoms with Gasteiger partial charge in [-0.2, -0.15) is 5.10 Å². The molecule has 1 saturated carbocycles. The van der Waals surface area contributed by atoms with Gasteiger partial charge in [-0.15, -0.1) is 0 Å². The van der Waals surface area contributed by atoms with Gasteiger partial charge in [-0.3, -0.25) is 4.68 Å². The number of nitrogens with zero attached hydrogens (tertiary/aromatic N) is 2. The molecular weight excluding hydrogens is 228 g/mol. The molecule has 1 aromatic rings. The Morgan fingerprint density at radius 3 is 2.83 bits per heavy atom. The van der Waals surface area contributed by atoms with Crippen molar-refractivity contribution >= 4 is 0 Å². The highest BCUT2D eigenvalue weighted by molar-refractivity contribution is 4.98. The maximum atomic E-state index is 9.14. The van der Waals surface area contributed by atoms with E-state index in [4.69, 9.17) is 9.84 Å². The highest BCUT2D eigenvalue weighted by atomic mass is 16.5. The molecule has 0 spiro atoms. The first-order chi connectivity index (χ1) is 8.61. The van der Waals surface area contributed by atoms with Gasteiger partial charge in [-0.25, -0.2) is 0 Å². The fraction of sp³-hybridized carbons (Fsp3) is 0.786. The quantitative estimate of drug-likeness (QED) is 0.846. The molecule has 0 unspecified atom stereocenters. The van der Waals surface area contributed by atoms with Gasteiger partial charge in [0.1, 0.15) is 0 Å². The van der Waals surface area contributed by atoms with Crippen LogP contribution in [-0.2, 0) is 11.3 Å². The molecule has 2 rings (SSSR count). The van der Waals surface area contributed by atoms with Gasteiger partial charge < -0.3 is 9.84 Å². The largest absolute Gasteiger partial charge is 0.396 e. The van der Waals surface area contributed by atoms with E-state index in [-0.39, 0.29) is 12.0 Å². The minimum absolute atomic E-state index is 0.142. The van der Waals surface area contributed by atoms with Crippen LogP contribution < -0.4 is 0 Å². The lowest BCUT2D eigenvalue weighted by Gasteiger charge is -2.20. The Hall–Kier alpha value is -0.870. The second-order valence-corrected chi connectivity index (χ2v) is 6.04. The molecule has 1 aromatic heterocycles. The molecule has 1 N–H and O–H groups in total. The van der Waals surface area contributed by atoms with Crippen LogP contribution in [0.25, 0.3) is 0 Å². The van der Waals surface area contributed by atoms with Crippen LogP contribution in [0.4, 0.5) is 0 Å². The van der Waals surface area contributed by atoms with Crippen molar-refractivity contribution < 1.29 is 9.84 Å². The Bertz CT molecular complexity index is 368. The van der Waals surface area contributed by atoms with E-state index in [9.17, 15) is 0 Å². The maximum Gasteiger partial charge on any atom is 0.0906 e. The molecule has 1 aliphatic carbocycles. The van der Waals surface area contributed by atoms with E-state index in [1.807, 2.05) is 19.9 Å². The van der Waals surface area contributed by atoms with E-state index >= 15 is 0 Å². The van der Waals surface area contributed by atoms with E-state index in [0.717, 1.165) is 5.69 Å². The second kappa shape index (κ2) is 5.85. The molecule has 102 valence electrons. The molecule has 0 radical (unpaired) electrons. The summed E-state index contributed by atoms with van der Waals surface area (Å²) < 4.78 is 7.70. The predicted octanol–water partition coefficient (Wildman–Crippen LogP) is 2.53. The summed E-state index contributed by atoms with van der Waals surface area (Å²) in [5.41, 5.74) is 0.809. The Labute approximate surface area is 109 Å². The third-order valence-corrected chi connectivity index (χ3v) is 3.53. The van der Waals surface area contributed by atoms with Crippen LogP contribution in [0.3, 0.4) is 0 Å². The van der Waals surface area contributed by atoms with Crippen molar-refractivity contribution in [3.05, 3.63) is 18.0 Å². The van der Waals surface area contributed by atoms with Gasteiger partial charge >= 0.3 is 0 Å². The second-order valence-electron chi connectivity index (χ2n) is 6.04. The van der Waals surface area contributed by atoms with Gasteiger partial charge in [-0.1, -0.05) is 26.7 Å². The Morgan fingerprint density at radius 1 is 1.44 bits per heavy atom. The third-order valence-electron chi connectivity index (χ3n) is 3.53. The van der Waals surface area contributed by atoms with Gasteiger partial charge in [0, 0.05) is 11.6 Å². The Balaban J connectivity index is 1.80. The molecule has 0 aromatic carbocycles. The Morgan fingerprint density at radius 2 is 2.17 bits per heavy atom. The summed E-state index contributed by atoms with van der Waals surface area (Å²) in [5, 5.41) is 13.7. The normalized spacial score (nSPS) is 17.5. The number of hydrogen-bond acceptors (Lipinski definition) is 3. The Kier molecular flexibility index (Phi) is 4.40. The van der Waals surface area contributed by atoms with Crippen LogP contribution in [-0.4, -0.2) is 28.1 Å². The zero-order valence-corrected chi connectivity index (χ0v) is 11.4. The zero-order chi connectivity index (χ0) is 13.0. The molecule has 0 amide bonds. The smallest absolute Gasteiger partial charge is 0.0906 e. The summed E-state index contributed by atoms with van der Waals surface area (Å²) in [7, 11) is 0. The lowest BCUT2D eigenvalue weighted by atomic mass is 9.97. The van der Waals surface area contributed by atoms with E-state index in [0.29, 0.717) is 19.3 Å². The monoisotopic (exact) mass is 252 g/mol. The molecule has 4 nitrogen and oxygen atoms in total. The summed E-state index contributed by atoms with van der Waals surface area (Å²) in [6, 6.07) is 2.62. The van der Waals surface area contributed by atoms with Crippen molar-refractivity contribution in [3.8, 4) is 0 Å². The summed E-state index contributed by atoms with van der Waals surface area (Å²) in [6.45, 7) is 5.21. The average Bonchev–Trinajstić information content (AvgIpc) is 2.98. The fourth-order valence-electron chi connectivity index (χ4n) is 2.30. The maximum absolute atomic E-state index is 9.14. The topological polar surface area (TPSA) is 47.3 Å². The van der Waals surface area contributed by atoms with Crippen molar-refractivity contribution in [2.24, 2.45) is 5.41 Å². The highest BCUT2D eigenvalue weighted by Gasteiger charge is 2.19. The number of ether oxygens (including phenoxy) is 1. The molecular formula is C14H24N2O2. The van der Waals surface area contributed by atoms with Gasteiger partial charge in [0.15, 0.2) is 0 Å². The standard InChI is InChI=1S/C14H24N2O2/c1-14(2,10-17)11-18-9-12-7-8-16(15-12)13-5-3-4-6-13/h7-8,13,17H,3-6,9-11H2,1-2H3. The fourth-order valence-corrected chi connectivity index (χ4v) is 2.30. The van der Waals surface area contributed by atoms with E-state index < -0.39 is 0 Å². The third kappa shape index (κ3) is 3.56. The van der Waals surface area contributed by atoms with Gasteiger partial charge in [-0.05, 0) is 18.9 Å². The van der Waals surface area contributed by atoms with E-state index in [1.165, 1.54) is 25.7 Å². The number of aliphatic hydroxyl groups is 1. The molecule has 0 saturated heterocycles. The van der Waals surface area contributed by atoms with Crippen LogP contribution in [0.15, 0.2) is 12.3 Å². The molecule has 1 aliphatic rings. The van der Waals surface area contributed by atoms with Crippen LogP contribution in [0.1, 0.15) is 51.3 Å². The minimum Gasteiger partial charge on any atom is -0.396 e. The molecule has 4 heteroatoms. The van der Waals surface area contributed by atoms with Crippen molar-refractivity contribution in [1.29, 1.82) is 0 Å². The van der Waals surface area contributed by atoms with Crippen LogP contribution >= 0.6 is 0 Å².